The van der Waals surface area contributed by atoms with Gasteiger partial charge in [-0.2, -0.15) is 0 Å². The Bertz CT molecular complexity index is 519. The van der Waals surface area contributed by atoms with Gasteiger partial charge in [0.25, 0.3) is 5.69 Å². The molecule has 0 amide bonds. The topological polar surface area (TPSA) is 109 Å². The second kappa shape index (κ2) is 5.19. The van der Waals surface area contributed by atoms with Crippen LogP contribution in [0.2, 0.25) is 0 Å². The number of rotatable bonds is 4. The molecular formula is C11H14N4O4. The Morgan fingerprint density at radius 2 is 2.42 bits per heavy atom. The van der Waals surface area contributed by atoms with Crippen LogP contribution in [0.5, 0.6) is 0 Å². The Kier molecular flexibility index (Phi) is 3.61. The van der Waals surface area contributed by atoms with Gasteiger partial charge in [-0.1, -0.05) is 0 Å². The molecular weight excluding hydrogens is 252 g/mol. The number of nitrogens with one attached hydrogen (secondary N) is 1. The number of anilines is 1. The van der Waals surface area contributed by atoms with Crippen molar-refractivity contribution < 1.29 is 14.8 Å². The van der Waals surface area contributed by atoms with Crippen LogP contribution in [-0.4, -0.2) is 52.1 Å². The number of carboxylic acids is 1. The molecule has 0 aliphatic carbocycles. The molecule has 1 aromatic rings. The lowest BCUT2D eigenvalue weighted by Gasteiger charge is -2.14. The third-order valence-electron chi connectivity index (χ3n) is 3.05. The molecule has 8 nitrogen and oxygen atoms in total. The number of aromatic carboxylic acids is 1. The van der Waals surface area contributed by atoms with Gasteiger partial charge in [0, 0.05) is 18.7 Å². The molecule has 1 aliphatic heterocycles. The number of hydrogen-bond donors (Lipinski definition) is 2. The Morgan fingerprint density at radius 1 is 1.68 bits per heavy atom. The minimum Gasteiger partial charge on any atom is -0.478 e. The normalized spacial score (nSPS) is 19.3. The maximum atomic E-state index is 11.1. The van der Waals surface area contributed by atoms with Crippen LogP contribution < -0.4 is 5.32 Å². The molecule has 19 heavy (non-hydrogen) atoms. The van der Waals surface area contributed by atoms with E-state index < -0.39 is 10.9 Å². The number of aromatic nitrogens is 1. The molecule has 0 bridgehead atoms. The molecule has 1 saturated heterocycles. The number of pyridine rings is 1. The first-order valence-electron chi connectivity index (χ1n) is 5.80. The highest BCUT2D eigenvalue weighted by atomic mass is 16.6. The first-order valence-corrected chi connectivity index (χ1v) is 5.80. The molecule has 8 heteroatoms. The maximum Gasteiger partial charge on any atom is 0.339 e. The highest BCUT2D eigenvalue weighted by molar-refractivity contribution is 5.93. The average molecular weight is 266 g/mol. The van der Waals surface area contributed by atoms with E-state index in [1.54, 1.807) is 0 Å². The first-order chi connectivity index (χ1) is 8.97. The Hall–Kier alpha value is -2.22. The average Bonchev–Trinajstić information content (AvgIpc) is 2.74. The van der Waals surface area contributed by atoms with E-state index in [-0.39, 0.29) is 23.1 Å². The third kappa shape index (κ3) is 2.97. The highest BCUT2D eigenvalue weighted by Crippen LogP contribution is 2.21. The van der Waals surface area contributed by atoms with Crippen LogP contribution in [0.15, 0.2) is 12.3 Å². The summed E-state index contributed by atoms with van der Waals surface area (Å²) < 4.78 is 0. The number of carbonyl (C=O) groups is 1. The van der Waals surface area contributed by atoms with Gasteiger partial charge in [0.05, 0.1) is 4.92 Å². The molecule has 0 radical (unpaired) electrons. The Balaban J connectivity index is 2.24. The molecule has 1 fully saturated rings. The van der Waals surface area contributed by atoms with Crippen molar-refractivity contribution in [3.8, 4) is 0 Å². The molecule has 1 aromatic heterocycles. The number of likely N-dealkylation sites (tertiary alicyclic amines) is 1. The van der Waals surface area contributed by atoms with Crippen LogP contribution in [0.25, 0.3) is 0 Å². The van der Waals surface area contributed by atoms with E-state index in [2.05, 4.69) is 15.2 Å². The summed E-state index contributed by atoms with van der Waals surface area (Å²) in [7, 11) is 1.98. The van der Waals surface area contributed by atoms with E-state index in [1.165, 1.54) is 0 Å². The van der Waals surface area contributed by atoms with E-state index in [9.17, 15) is 14.9 Å². The second-order valence-corrected chi connectivity index (χ2v) is 4.54. The van der Waals surface area contributed by atoms with Gasteiger partial charge in [0.1, 0.15) is 17.6 Å². The summed E-state index contributed by atoms with van der Waals surface area (Å²) in [5.41, 5.74) is -0.504. The van der Waals surface area contributed by atoms with Crippen LogP contribution in [0.1, 0.15) is 16.8 Å². The zero-order chi connectivity index (χ0) is 14.0. The van der Waals surface area contributed by atoms with Crippen molar-refractivity contribution in [1.82, 2.24) is 9.88 Å². The lowest BCUT2D eigenvalue weighted by molar-refractivity contribution is -0.385. The predicted molar refractivity (Wildman–Crippen MR) is 67.4 cm³/mol. The summed E-state index contributed by atoms with van der Waals surface area (Å²) in [6, 6.07) is 1.13. The number of nitrogens with zero attached hydrogens (tertiary/aromatic N) is 3. The number of hydrogen-bond acceptors (Lipinski definition) is 6. The van der Waals surface area contributed by atoms with E-state index in [1.807, 2.05) is 7.05 Å². The molecule has 0 aromatic carbocycles. The standard InChI is InChI=1S/C11H14N4O4/c1-14-3-2-7(6-14)13-10-9(11(16)17)4-8(5-12-10)15(18)19/h4-5,7H,2-3,6H2,1H3,(H,12,13)(H,16,17). The van der Waals surface area contributed by atoms with Gasteiger partial charge in [0.15, 0.2) is 0 Å². The number of nitro groups is 1. The molecule has 0 spiro atoms. The van der Waals surface area contributed by atoms with E-state index in [0.29, 0.717) is 0 Å². The maximum absolute atomic E-state index is 11.1. The summed E-state index contributed by atoms with van der Waals surface area (Å²) in [6.07, 6.45) is 1.95. The van der Waals surface area contributed by atoms with Gasteiger partial charge in [-0.25, -0.2) is 9.78 Å². The van der Waals surface area contributed by atoms with E-state index in [0.717, 1.165) is 31.8 Å². The number of likely N-dealkylation sites (N-methyl/N-ethyl adjacent to an activating group) is 1. The van der Waals surface area contributed by atoms with Crippen LogP contribution in [-0.2, 0) is 0 Å². The van der Waals surface area contributed by atoms with Gasteiger partial charge >= 0.3 is 5.97 Å². The van der Waals surface area contributed by atoms with Gasteiger partial charge in [-0.3, -0.25) is 10.1 Å². The van der Waals surface area contributed by atoms with Gasteiger partial charge in [-0.15, -0.1) is 0 Å². The largest absolute Gasteiger partial charge is 0.478 e. The minimum atomic E-state index is -1.23. The molecule has 2 heterocycles. The van der Waals surface area contributed by atoms with Crippen LogP contribution in [0, 0.1) is 10.1 Å². The summed E-state index contributed by atoms with van der Waals surface area (Å²) >= 11 is 0. The van der Waals surface area contributed by atoms with Crippen LogP contribution in [0.4, 0.5) is 11.5 Å². The van der Waals surface area contributed by atoms with Gasteiger partial charge in [0.2, 0.25) is 0 Å². The SMILES string of the molecule is CN1CCC(Nc2ncc([N+](=O)[O-])cc2C(=O)O)C1. The smallest absolute Gasteiger partial charge is 0.339 e. The van der Waals surface area contributed by atoms with Crippen molar-refractivity contribution in [1.29, 1.82) is 0 Å². The van der Waals surface area contributed by atoms with Crippen molar-refractivity contribution >= 4 is 17.5 Å². The summed E-state index contributed by atoms with van der Waals surface area (Å²) in [5, 5.41) is 22.7. The molecule has 0 saturated carbocycles. The monoisotopic (exact) mass is 266 g/mol. The van der Waals surface area contributed by atoms with Crippen molar-refractivity contribution in [2.24, 2.45) is 0 Å². The molecule has 2 N–H and O–H groups in total. The fourth-order valence-electron chi connectivity index (χ4n) is 2.08. The van der Waals surface area contributed by atoms with E-state index in [4.69, 9.17) is 5.11 Å². The number of carboxylic acid groups (broad SMARTS) is 1. The molecule has 2 rings (SSSR count). The Morgan fingerprint density at radius 3 is 2.95 bits per heavy atom. The Labute approximate surface area is 109 Å². The minimum absolute atomic E-state index is 0.108. The first kappa shape index (κ1) is 13.2. The van der Waals surface area contributed by atoms with E-state index >= 15 is 0 Å². The second-order valence-electron chi connectivity index (χ2n) is 4.54. The summed E-state index contributed by atoms with van der Waals surface area (Å²) in [4.78, 5) is 27.1. The van der Waals surface area contributed by atoms with Crippen LogP contribution in [0.3, 0.4) is 0 Å². The van der Waals surface area contributed by atoms with Crippen molar-refractivity contribution in [2.45, 2.75) is 12.5 Å². The molecule has 1 aliphatic rings. The summed E-state index contributed by atoms with van der Waals surface area (Å²) in [6.45, 7) is 1.71. The highest BCUT2D eigenvalue weighted by Gasteiger charge is 2.23. The predicted octanol–water partition coefficient (Wildman–Crippen LogP) is 0.804. The lowest BCUT2D eigenvalue weighted by Crippen LogP contribution is -2.25. The fourth-order valence-corrected chi connectivity index (χ4v) is 2.08. The van der Waals surface area contributed by atoms with Crippen molar-refractivity contribution in [2.75, 3.05) is 25.5 Å². The van der Waals surface area contributed by atoms with Crippen LogP contribution >= 0.6 is 0 Å². The molecule has 102 valence electrons. The zero-order valence-corrected chi connectivity index (χ0v) is 10.4. The third-order valence-corrected chi connectivity index (χ3v) is 3.05. The van der Waals surface area contributed by atoms with Crippen molar-refractivity contribution in [3.63, 3.8) is 0 Å². The molecule has 1 atom stereocenters. The zero-order valence-electron chi connectivity index (χ0n) is 10.4. The lowest BCUT2D eigenvalue weighted by atomic mass is 10.2. The quantitative estimate of drug-likeness (QED) is 0.613. The van der Waals surface area contributed by atoms with Crippen molar-refractivity contribution in [3.05, 3.63) is 27.9 Å². The van der Waals surface area contributed by atoms with Gasteiger partial charge in [-0.05, 0) is 20.0 Å². The summed E-state index contributed by atoms with van der Waals surface area (Å²) in [5.74, 6) is -1.05. The molecule has 1 unspecified atom stereocenters. The van der Waals surface area contributed by atoms with Gasteiger partial charge < -0.3 is 15.3 Å². The fraction of sp³-hybridized carbons (Fsp3) is 0.455.